The summed E-state index contributed by atoms with van der Waals surface area (Å²) in [6.45, 7) is 0. The number of aromatic nitrogens is 9. The number of pyridine rings is 6. The molecule has 0 atom stereocenters. The SMILES string of the molecule is C.C.CO.O=Cc1c(O)c2ccc(Cl)nc2n(-c2nccs2)c1=O.O=c1c(Cc2c(O)c3ccc(Cl)nc3n(-c3nccs3)c2=O)c(O)c2ccc(Cl)nc2n1-c1nccs1. The fourth-order valence-corrected chi connectivity index (χ4v) is 8.26. The smallest absolute Gasteiger partial charge is 0.273 e. The first-order chi connectivity index (χ1) is 28.5. The predicted molar refractivity (Wildman–Crippen MR) is 239 cm³/mol. The van der Waals surface area contributed by atoms with Gasteiger partial charge in [-0.05, 0) is 36.4 Å². The molecule has 0 amide bonds. The van der Waals surface area contributed by atoms with Gasteiger partial charge in [0.15, 0.2) is 38.6 Å². The van der Waals surface area contributed by atoms with Crippen LogP contribution in [-0.4, -0.2) is 77.4 Å². The molecule has 0 aliphatic rings. The number of halogens is 3. The van der Waals surface area contributed by atoms with Gasteiger partial charge in [-0.25, -0.2) is 43.6 Å². The van der Waals surface area contributed by atoms with E-state index in [0.29, 0.717) is 21.7 Å². The van der Waals surface area contributed by atoms with Crippen LogP contribution >= 0.6 is 68.8 Å². The van der Waals surface area contributed by atoms with E-state index in [9.17, 15) is 34.5 Å². The number of carbonyl (C=O) groups excluding carboxylic acids is 1. The molecule has 314 valence electrons. The molecule has 0 saturated heterocycles. The number of hydrogen-bond donors (Lipinski definition) is 4. The predicted octanol–water partition coefficient (Wildman–Crippen LogP) is 7.20. The molecule has 0 spiro atoms. The highest BCUT2D eigenvalue weighted by Gasteiger charge is 2.26. The second-order valence-electron chi connectivity index (χ2n) is 11.6. The molecule has 61 heavy (non-hydrogen) atoms. The highest BCUT2D eigenvalue weighted by molar-refractivity contribution is 7.12. The van der Waals surface area contributed by atoms with Gasteiger partial charge in [0.25, 0.3) is 16.7 Å². The molecule has 0 aliphatic heterocycles. The van der Waals surface area contributed by atoms with Gasteiger partial charge in [-0.1, -0.05) is 49.7 Å². The average molecular weight is 943 g/mol. The minimum Gasteiger partial charge on any atom is -0.507 e. The van der Waals surface area contributed by atoms with Gasteiger partial charge in [0.2, 0.25) is 0 Å². The quantitative estimate of drug-likeness (QED) is 0.0952. The normalized spacial score (nSPS) is 10.6. The maximum atomic E-state index is 13.7. The number of rotatable bonds is 6. The monoisotopic (exact) mass is 941 g/mol. The van der Waals surface area contributed by atoms with Gasteiger partial charge in [0.05, 0.1) is 27.3 Å². The fraction of sp³-hybridized carbons (Fsp3) is 0.105. The van der Waals surface area contributed by atoms with Gasteiger partial charge < -0.3 is 20.4 Å². The molecule has 9 rings (SSSR count). The third-order valence-corrected chi connectivity index (χ3v) is 11.3. The van der Waals surface area contributed by atoms with E-state index >= 15 is 0 Å². The minimum absolute atomic E-state index is 0. The van der Waals surface area contributed by atoms with Gasteiger partial charge in [-0.15, -0.1) is 34.0 Å². The van der Waals surface area contributed by atoms with Crippen molar-refractivity contribution < 1.29 is 25.2 Å². The number of aliphatic hydroxyl groups is 1. The number of carbonyl (C=O) groups is 1. The van der Waals surface area contributed by atoms with E-state index in [1.807, 2.05) is 0 Å². The summed E-state index contributed by atoms with van der Waals surface area (Å²) in [6, 6.07) is 8.95. The summed E-state index contributed by atoms with van der Waals surface area (Å²) in [4.78, 5) is 75.7. The van der Waals surface area contributed by atoms with Gasteiger partial charge in [0, 0.05) is 48.3 Å². The van der Waals surface area contributed by atoms with Crippen LogP contribution in [0.4, 0.5) is 0 Å². The van der Waals surface area contributed by atoms with Crippen LogP contribution in [0.5, 0.6) is 17.2 Å². The lowest BCUT2D eigenvalue weighted by Gasteiger charge is -2.15. The Morgan fingerprint density at radius 2 is 0.885 bits per heavy atom. The number of aromatic hydroxyl groups is 3. The van der Waals surface area contributed by atoms with Crippen LogP contribution < -0.4 is 16.7 Å². The Morgan fingerprint density at radius 1 is 0.557 bits per heavy atom. The number of nitrogens with zero attached hydrogens (tertiary/aromatic N) is 9. The zero-order chi connectivity index (χ0) is 42.1. The summed E-state index contributed by atoms with van der Waals surface area (Å²) in [5.74, 6) is -1.17. The van der Waals surface area contributed by atoms with Crippen LogP contribution in [-0.2, 0) is 6.42 Å². The van der Waals surface area contributed by atoms with Crippen LogP contribution in [0.25, 0.3) is 48.5 Å². The largest absolute Gasteiger partial charge is 0.507 e. The summed E-state index contributed by atoms with van der Waals surface area (Å²) in [5, 5.41) is 46.4. The van der Waals surface area contributed by atoms with Crippen molar-refractivity contribution >= 4 is 108 Å². The van der Waals surface area contributed by atoms with Crippen molar-refractivity contribution in [3.63, 3.8) is 0 Å². The second kappa shape index (κ2) is 19.1. The maximum Gasteiger partial charge on any atom is 0.273 e. The fourth-order valence-electron chi connectivity index (χ4n) is 5.91. The van der Waals surface area contributed by atoms with Crippen LogP contribution in [0.2, 0.25) is 15.5 Å². The molecule has 0 aromatic carbocycles. The van der Waals surface area contributed by atoms with E-state index in [1.165, 1.54) is 98.1 Å². The summed E-state index contributed by atoms with van der Waals surface area (Å²) >= 11 is 21.6. The Labute approximate surface area is 370 Å². The molecule has 0 bridgehead atoms. The van der Waals surface area contributed by atoms with Crippen molar-refractivity contribution in [1.29, 1.82) is 0 Å². The highest BCUT2D eigenvalue weighted by atomic mass is 35.5. The average Bonchev–Trinajstić information content (AvgIpc) is 4.05. The molecule has 0 aliphatic carbocycles. The molecule has 4 N–H and O–H groups in total. The molecule has 17 nitrogen and oxygen atoms in total. The van der Waals surface area contributed by atoms with E-state index in [-0.39, 0.29) is 91.6 Å². The minimum atomic E-state index is -0.685. The summed E-state index contributed by atoms with van der Waals surface area (Å²) in [6.07, 6.45) is 4.49. The molecule has 23 heteroatoms. The second-order valence-corrected chi connectivity index (χ2v) is 15.4. The number of aliphatic hydroxyl groups excluding tert-OH is 1. The summed E-state index contributed by atoms with van der Waals surface area (Å²) in [5.41, 5.74) is -2.25. The lowest BCUT2D eigenvalue weighted by molar-refractivity contribution is 0.111. The van der Waals surface area contributed by atoms with Crippen LogP contribution in [0.1, 0.15) is 36.3 Å². The topological polar surface area (TPSA) is 241 Å². The standard InChI is InChI=1S/C23H12Cl2N6O4S2.C12H6ClN3O3S.CH4O.2CH4/c24-14-3-1-10-16(32)12(20(34)30(18(10)28-14)22-26-5-7-36-22)9-13-17(33)11-2-4-15(25)29-19(11)31(21(13)35)23-27-6-8-37-23;13-8-2-1-6-9(18)7(5-17)11(19)16(10(6)15-8)12-14-3-4-20-12;1-2;;/h1-8,32-33H,9H2;1-5,18H;2H,1H3;2*1H4. The number of thiazole rings is 3. The van der Waals surface area contributed by atoms with Crippen molar-refractivity contribution in [2.45, 2.75) is 21.3 Å². The Kier molecular flexibility index (Phi) is 14.4. The van der Waals surface area contributed by atoms with Crippen molar-refractivity contribution in [3.8, 4) is 32.6 Å². The number of aldehydes is 1. The Balaban J connectivity index is 0.000000250. The molecule has 0 saturated carbocycles. The van der Waals surface area contributed by atoms with Crippen molar-refractivity contribution in [2.24, 2.45) is 0 Å². The van der Waals surface area contributed by atoms with Gasteiger partial charge in [0.1, 0.15) is 38.3 Å². The highest BCUT2D eigenvalue weighted by Crippen LogP contribution is 2.34. The first kappa shape index (κ1) is 45.9. The maximum absolute atomic E-state index is 13.7. The molecule has 9 heterocycles. The van der Waals surface area contributed by atoms with Crippen molar-refractivity contribution in [1.82, 2.24) is 43.6 Å². The van der Waals surface area contributed by atoms with Crippen LogP contribution in [0.3, 0.4) is 0 Å². The van der Waals surface area contributed by atoms with Crippen molar-refractivity contribution in [3.05, 3.63) is 134 Å². The Bertz CT molecular complexity index is 3090. The molecule has 0 fully saturated rings. The van der Waals surface area contributed by atoms with E-state index in [2.05, 4.69) is 29.9 Å². The molecule has 9 aromatic heterocycles. The zero-order valence-electron chi connectivity index (χ0n) is 29.5. The van der Waals surface area contributed by atoms with E-state index < -0.39 is 28.8 Å². The first-order valence-corrected chi connectivity index (χ1v) is 20.2. The first-order valence-electron chi connectivity index (χ1n) is 16.4. The Morgan fingerprint density at radius 3 is 1.20 bits per heavy atom. The Hall–Kier alpha value is -6.13. The molecular weight excluding hydrogens is 913 g/mol. The van der Waals surface area contributed by atoms with Crippen molar-refractivity contribution in [2.75, 3.05) is 7.11 Å². The van der Waals surface area contributed by atoms with Crippen LogP contribution in [0.15, 0.2) is 85.5 Å². The third-order valence-electron chi connectivity index (χ3n) is 8.41. The van der Waals surface area contributed by atoms with Gasteiger partial charge in [-0.2, -0.15) is 0 Å². The summed E-state index contributed by atoms with van der Waals surface area (Å²) in [7, 11) is 1.00. The molecule has 9 aromatic rings. The lowest BCUT2D eigenvalue weighted by atomic mass is 10.0. The van der Waals surface area contributed by atoms with E-state index in [4.69, 9.17) is 39.9 Å². The summed E-state index contributed by atoms with van der Waals surface area (Å²) < 4.78 is 3.61. The molecular formula is C38H30Cl3N9O8S3. The lowest BCUT2D eigenvalue weighted by Crippen LogP contribution is -2.28. The van der Waals surface area contributed by atoms with E-state index in [1.54, 1.807) is 16.1 Å². The number of fused-ring (bicyclic) bond motifs is 3. The number of hydrogen-bond acceptors (Lipinski definition) is 17. The van der Waals surface area contributed by atoms with Gasteiger partial charge >= 0.3 is 0 Å². The van der Waals surface area contributed by atoms with Gasteiger partial charge in [-0.3, -0.25) is 19.2 Å². The van der Waals surface area contributed by atoms with E-state index in [0.717, 1.165) is 11.7 Å². The molecule has 0 unspecified atom stereocenters. The molecule has 0 radical (unpaired) electrons. The zero-order valence-corrected chi connectivity index (χ0v) is 34.2. The third kappa shape index (κ3) is 8.33. The van der Waals surface area contributed by atoms with Crippen LogP contribution in [0, 0.1) is 0 Å².